The first kappa shape index (κ1) is 15.5. The van der Waals surface area contributed by atoms with Gasteiger partial charge in [-0.15, -0.1) is 0 Å². The molecular weight excluding hydrogens is 292 g/mol. The van der Waals surface area contributed by atoms with Crippen LogP contribution in [0.5, 0.6) is 0 Å². The quantitative estimate of drug-likeness (QED) is 0.689. The van der Waals surface area contributed by atoms with E-state index >= 15 is 0 Å². The van der Waals surface area contributed by atoms with Crippen molar-refractivity contribution in [3.05, 3.63) is 24.7 Å². The maximum atomic E-state index is 12.2. The largest absolute Gasteiger partial charge is 0.315 e. The summed E-state index contributed by atoms with van der Waals surface area (Å²) in [6.45, 7) is 4.41. The number of sulfonamides is 1. The Hall–Kier alpha value is -1.87. The summed E-state index contributed by atoms with van der Waals surface area (Å²) in [5.41, 5.74) is 0. The van der Waals surface area contributed by atoms with Crippen molar-refractivity contribution in [3.63, 3.8) is 0 Å². The van der Waals surface area contributed by atoms with Crippen molar-refractivity contribution in [2.75, 3.05) is 17.8 Å². The van der Waals surface area contributed by atoms with E-state index < -0.39 is 10.0 Å². The number of aryl methyl sites for hydroxylation is 1. The van der Waals surface area contributed by atoms with Crippen LogP contribution in [-0.4, -0.2) is 41.1 Å². The van der Waals surface area contributed by atoms with E-state index in [4.69, 9.17) is 0 Å². The van der Waals surface area contributed by atoms with Crippen LogP contribution in [0.1, 0.15) is 13.3 Å². The summed E-state index contributed by atoms with van der Waals surface area (Å²) in [6.07, 6.45) is 5.58. The average Bonchev–Trinajstić information content (AvgIpc) is 3.04. The first-order chi connectivity index (χ1) is 10.0. The zero-order chi connectivity index (χ0) is 15.3. The molecule has 2 rings (SSSR count). The minimum atomic E-state index is -3.64. The maximum Gasteiger partial charge on any atom is 0.266 e. The molecular formula is C12H20N6O2S. The molecule has 2 aromatic heterocycles. The van der Waals surface area contributed by atoms with Gasteiger partial charge in [0.2, 0.25) is 0 Å². The number of hydrogen-bond donors (Lipinski definition) is 2. The SMILES string of the molecule is CCCNCCn1cc(S(=O)(=O)Nc2ccn(C)n2)cn1. The van der Waals surface area contributed by atoms with E-state index in [1.54, 1.807) is 24.0 Å². The standard InChI is InChI=1S/C12H20N6O2S/c1-3-5-13-6-8-18-10-11(9-14-18)21(19,20)16-12-4-7-17(2)15-12/h4,7,9-10,13H,3,5-6,8H2,1-2H3,(H,15,16). The first-order valence-corrected chi connectivity index (χ1v) is 8.25. The van der Waals surface area contributed by atoms with E-state index in [9.17, 15) is 8.42 Å². The van der Waals surface area contributed by atoms with Crippen molar-refractivity contribution in [1.82, 2.24) is 24.9 Å². The third kappa shape index (κ3) is 4.30. The van der Waals surface area contributed by atoms with Crippen LogP contribution in [0.3, 0.4) is 0 Å². The van der Waals surface area contributed by atoms with Gasteiger partial charge in [0.05, 0.1) is 12.7 Å². The van der Waals surface area contributed by atoms with E-state index in [1.807, 2.05) is 0 Å². The van der Waals surface area contributed by atoms with Crippen LogP contribution in [-0.2, 0) is 23.6 Å². The lowest BCUT2D eigenvalue weighted by Gasteiger charge is -2.03. The van der Waals surface area contributed by atoms with E-state index in [0.29, 0.717) is 6.54 Å². The Labute approximate surface area is 124 Å². The van der Waals surface area contributed by atoms with Gasteiger partial charge in [0, 0.05) is 32.1 Å². The number of nitrogens with zero attached hydrogens (tertiary/aromatic N) is 4. The third-order valence-electron chi connectivity index (χ3n) is 2.82. The van der Waals surface area contributed by atoms with E-state index in [2.05, 4.69) is 27.2 Å². The topological polar surface area (TPSA) is 93.8 Å². The summed E-state index contributed by atoms with van der Waals surface area (Å²) < 4.78 is 29.9. The molecule has 0 aliphatic rings. The Morgan fingerprint density at radius 3 is 2.81 bits per heavy atom. The molecule has 0 unspecified atom stereocenters. The van der Waals surface area contributed by atoms with Crippen LogP contribution < -0.4 is 10.0 Å². The molecule has 116 valence electrons. The van der Waals surface area contributed by atoms with Crippen LogP contribution >= 0.6 is 0 Å². The Morgan fingerprint density at radius 1 is 1.33 bits per heavy atom. The maximum absolute atomic E-state index is 12.2. The summed E-state index contributed by atoms with van der Waals surface area (Å²) in [5.74, 6) is 0.287. The highest BCUT2D eigenvalue weighted by molar-refractivity contribution is 7.92. The molecule has 2 N–H and O–H groups in total. The molecule has 9 heteroatoms. The molecule has 0 amide bonds. The second-order valence-corrected chi connectivity index (χ2v) is 6.35. The Morgan fingerprint density at radius 2 is 2.14 bits per heavy atom. The lowest BCUT2D eigenvalue weighted by Crippen LogP contribution is -2.20. The van der Waals surface area contributed by atoms with Crippen LogP contribution in [0.2, 0.25) is 0 Å². The van der Waals surface area contributed by atoms with Crippen molar-refractivity contribution >= 4 is 15.8 Å². The normalized spacial score (nSPS) is 11.7. The van der Waals surface area contributed by atoms with Crippen LogP contribution in [0.25, 0.3) is 0 Å². The lowest BCUT2D eigenvalue weighted by atomic mass is 10.5. The smallest absolute Gasteiger partial charge is 0.266 e. The first-order valence-electron chi connectivity index (χ1n) is 6.77. The molecule has 21 heavy (non-hydrogen) atoms. The van der Waals surface area contributed by atoms with E-state index in [0.717, 1.165) is 19.5 Å². The predicted molar refractivity (Wildman–Crippen MR) is 79.4 cm³/mol. The van der Waals surface area contributed by atoms with Crippen molar-refractivity contribution in [2.45, 2.75) is 24.8 Å². The van der Waals surface area contributed by atoms with Gasteiger partial charge in [-0.3, -0.25) is 14.1 Å². The predicted octanol–water partition coefficient (Wildman–Crippen LogP) is 0.417. The van der Waals surface area contributed by atoms with Crippen LogP contribution in [0.15, 0.2) is 29.6 Å². The monoisotopic (exact) mass is 312 g/mol. The molecule has 2 aromatic rings. The molecule has 0 radical (unpaired) electrons. The van der Waals surface area contributed by atoms with Crippen molar-refractivity contribution < 1.29 is 8.42 Å². The number of anilines is 1. The van der Waals surface area contributed by atoms with Gasteiger partial charge in [0.25, 0.3) is 10.0 Å². The molecule has 0 atom stereocenters. The van der Waals surface area contributed by atoms with Crippen molar-refractivity contribution in [2.24, 2.45) is 7.05 Å². The molecule has 0 bridgehead atoms. The fourth-order valence-electron chi connectivity index (χ4n) is 1.77. The zero-order valence-corrected chi connectivity index (χ0v) is 13.0. The molecule has 0 aliphatic carbocycles. The second-order valence-electron chi connectivity index (χ2n) is 4.67. The number of hydrogen-bond acceptors (Lipinski definition) is 5. The molecule has 8 nitrogen and oxygen atoms in total. The summed E-state index contributed by atoms with van der Waals surface area (Å²) in [6, 6.07) is 1.59. The van der Waals surface area contributed by atoms with Gasteiger partial charge in [-0.2, -0.15) is 10.2 Å². The third-order valence-corrected chi connectivity index (χ3v) is 4.13. The Kier molecular flexibility index (Phi) is 4.97. The van der Waals surface area contributed by atoms with E-state index in [1.165, 1.54) is 17.1 Å². The second kappa shape index (κ2) is 6.72. The van der Waals surface area contributed by atoms with Gasteiger partial charge in [-0.05, 0) is 13.0 Å². The fraction of sp³-hybridized carbons (Fsp3) is 0.500. The van der Waals surface area contributed by atoms with Gasteiger partial charge < -0.3 is 5.32 Å². The molecule has 0 saturated carbocycles. The minimum Gasteiger partial charge on any atom is -0.315 e. The van der Waals surface area contributed by atoms with Crippen LogP contribution in [0, 0.1) is 0 Å². The highest BCUT2D eigenvalue weighted by Crippen LogP contribution is 2.13. The molecule has 0 spiro atoms. The number of rotatable bonds is 8. The number of nitrogens with one attached hydrogen (secondary N) is 2. The molecule has 0 aromatic carbocycles. The summed E-state index contributed by atoms with van der Waals surface area (Å²) in [7, 11) is -1.92. The van der Waals surface area contributed by atoms with Gasteiger partial charge in [-0.25, -0.2) is 8.42 Å². The Bertz CT molecular complexity index is 675. The molecule has 0 fully saturated rings. The van der Waals surface area contributed by atoms with Gasteiger partial charge in [0.15, 0.2) is 5.82 Å². The molecule has 0 aliphatic heterocycles. The highest BCUT2D eigenvalue weighted by atomic mass is 32.2. The Balaban J connectivity index is 1.98. The highest BCUT2D eigenvalue weighted by Gasteiger charge is 2.17. The van der Waals surface area contributed by atoms with Crippen molar-refractivity contribution in [1.29, 1.82) is 0 Å². The fourth-order valence-corrected chi connectivity index (χ4v) is 2.72. The number of aromatic nitrogens is 4. The minimum absolute atomic E-state index is 0.128. The summed E-state index contributed by atoms with van der Waals surface area (Å²) >= 11 is 0. The van der Waals surface area contributed by atoms with E-state index in [-0.39, 0.29) is 10.7 Å². The van der Waals surface area contributed by atoms with Gasteiger partial charge in [-0.1, -0.05) is 6.92 Å². The van der Waals surface area contributed by atoms with Crippen LogP contribution in [0.4, 0.5) is 5.82 Å². The average molecular weight is 312 g/mol. The van der Waals surface area contributed by atoms with Gasteiger partial charge >= 0.3 is 0 Å². The lowest BCUT2D eigenvalue weighted by molar-refractivity contribution is 0.552. The van der Waals surface area contributed by atoms with Crippen molar-refractivity contribution in [3.8, 4) is 0 Å². The molecule has 2 heterocycles. The molecule has 0 saturated heterocycles. The van der Waals surface area contributed by atoms with Gasteiger partial charge in [0.1, 0.15) is 4.90 Å². The summed E-state index contributed by atoms with van der Waals surface area (Å²) in [4.78, 5) is 0.128. The zero-order valence-electron chi connectivity index (χ0n) is 12.2. The summed E-state index contributed by atoms with van der Waals surface area (Å²) in [5, 5.41) is 11.3.